The molecular formula is C17H14N2O2S. The third-order valence-electron chi connectivity index (χ3n) is 3.21. The Labute approximate surface area is 132 Å². The summed E-state index contributed by atoms with van der Waals surface area (Å²) in [4.78, 5) is 17.4. The molecule has 110 valence electrons. The number of nitrogens with two attached hydrogens (primary N) is 1. The minimum absolute atomic E-state index is 0.143. The van der Waals surface area contributed by atoms with Crippen LogP contribution in [0.5, 0.6) is 5.75 Å². The summed E-state index contributed by atoms with van der Waals surface area (Å²) in [6, 6.07) is 16.7. The van der Waals surface area contributed by atoms with Crippen molar-refractivity contribution < 1.29 is 9.53 Å². The Balaban J connectivity index is 1.98. The third-order valence-corrected chi connectivity index (χ3v) is 4.33. The molecule has 3 aromatic rings. The number of hydrogen-bond donors (Lipinski definition) is 1. The van der Waals surface area contributed by atoms with Gasteiger partial charge in [-0.05, 0) is 12.1 Å². The Morgan fingerprint density at radius 1 is 1.14 bits per heavy atom. The fourth-order valence-corrected chi connectivity index (χ4v) is 3.05. The molecule has 2 N–H and O–H groups in total. The molecule has 0 bridgehead atoms. The molecule has 0 saturated heterocycles. The van der Waals surface area contributed by atoms with Crippen molar-refractivity contribution in [1.29, 1.82) is 0 Å². The van der Waals surface area contributed by atoms with Crippen molar-refractivity contribution in [1.82, 2.24) is 4.98 Å². The zero-order valence-corrected chi connectivity index (χ0v) is 12.8. The lowest BCUT2D eigenvalue weighted by atomic mass is 10.1. The van der Waals surface area contributed by atoms with E-state index < -0.39 is 0 Å². The van der Waals surface area contributed by atoms with E-state index in [0.29, 0.717) is 16.2 Å². The molecule has 0 unspecified atom stereocenters. The number of benzene rings is 2. The number of carbonyl (C=O) groups is 1. The van der Waals surface area contributed by atoms with Gasteiger partial charge in [-0.1, -0.05) is 42.5 Å². The SMILES string of the molecule is COc1cccc(C(=O)c2sc(-c3ccccc3)nc2N)c1. The molecule has 22 heavy (non-hydrogen) atoms. The number of rotatable bonds is 4. The smallest absolute Gasteiger partial charge is 0.206 e. The molecule has 0 aliphatic rings. The first-order valence-electron chi connectivity index (χ1n) is 6.69. The summed E-state index contributed by atoms with van der Waals surface area (Å²) in [6.45, 7) is 0. The molecule has 0 fully saturated rings. The summed E-state index contributed by atoms with van der Waals surface area (Å²) in [5.41, 5.74) is 7.42. The Bertz CT molecular complexity index is 813. The number of methoxy groups -OCH3 is 1. The highest BCUT2D eigenvalue weighted by molar-refractivity contribution is 7.17. The lowest BCUT2D eigenvalue weighted by Crippen LogP contribution is -2.02. The molecule has 0 aliphatic heterocycles. The van der Waals surface area contributed by atoms with Crippen molar-refractivity contribution in [2.24, 2.45) is 0 Å². The molecule has 5 heteroatoms. The Kier molecular flexibility index (Phi) is 3.89. The van der Waals surface area contributed by atoms with Gasteiger partial charge in [-0.25, -0.2) is 4.98 Å². The van der Waals surface area contributed by atoms with Gasteiger partial charge in [0.05, 0.1) is 7.11 Å². The van der Waals surface area contributed by atoms with E-state index >= 15 is 0 Å². The summed E-state index contributed by atoms with van der Waals surface area (Å²) >= 11 is 1.30. The van der Waals surface area contributed by atoms with Crippen molar-refractivity contribution in [3.8, 4) is 16.3 Å². The summed E-state index contributed by atoms with van der Waals surface area (Å²) < 4.78 is 5.15. The number of anilines is 1. The zero-order valence-electron chi connectivity index (χ0n) is 11.9. The van der Waals surface area contributed by atoms with Crippen LogP contribution in [-0.2, 0) is 0 Å². The zero-order chi connectivity index (χ0) is 15.5. The first-order chi connectivity index (χ1) is 10.7. The standard InChI is InChI=1S/C17H14N2O2S/c1-21-13-9-5-8-12(10-13)14(20)15-16(18)19-17(22-15)11-6-3-2-4-7-11/h2-10H,18H2,1H3. The average molecular weight is 310 g/mol. The van der Waals surface area contributed by atoms with Gasteiger partial charge in [-0.2, -0.15) is 0 Å². The van der Waals surface area contributed by atoms with E-state index in [4.69, 9.17) is 10.5 Å². The molecule has 0 atom stereocenters. The topological polar surface area (TPSA) is 65.2 Å². The number of hydrogen-bond acceptors (Lipinski definition) is 5. The molecule has 4 nitrogen and oxygen atoms in total. The minimum Gasteiger partial charge on any atom is -0.497 e. The Hall–Kier alpha value is -2.66. The number of ketones is 1. The third kappa shape index (κ3) is 2.71. The van der Waals surface area contributed by atoms with Crippen LogP contribution in [0.4, 0.5) is 5.82 Å². The lowest BCUT2D eigenvalue weighted by Gasteiger charge is -2.02. The second-order valence-electron chi connectivity index (χ2n) is 4.66. The summed E-state index contributed by atoms with van der Waals surface area (Å²) in [5.74, 6) is 0.755. The van der Waals surface area contributed by atoms with Crippen molar-refractivity contribution in [2.75, 3.05) is 12.8 Å². The first kappa shape index (κ1) is 14.3. The second kappa shape index (κ2) is 5.99. The van der Waals surface area contributed by atoms with Crippen molar-refractivity contribution in [3.63, 3.8) is 0 Å². The normalized spacial score (nSPS) is 10.4. The fraction of sp³-hybridized carbons (Fsp3) is 0.0588. The van der Waals surface area contributed by atoms with Crippen molar-refractivity contribution >= 4 is 22.9 Å². The van der Waals surface area contributed by atoms with Gasteiger partial charge in [0.25, 0.3) is 0 Å². The molecule has 0 saturated carbocycles. The van der Waals surface area contributed by atoms with Gasteiger partial charge in [-0.15, -0.1) is 11.3 Å². The molecule has 0 amide bonds. The van der Waals surface area contributed by atoms with Crippen molar-refractivity contribution in [3.05, 3.63) is 65.0 Å². The molecule has 2 aromatic carbocycles. The average Bonchev–Trinajstić information content (AvgIpc) is 2.97. The van der Waals surface area contributed by atoms with Crippen LogP contribution in [-0.4, -0.2) is 17.9 Å². The maximum absolute atomic E-state index is 12.6. The molecule has 1 aromatic heterocycles. The van der Waals surface area contributed by atoms with E-state index in [1.807, 2.05) is 30.3 Å². The van der Waals surface area contributed by atoms with Gasteiger partial charge in [0.2, 0.25) is 5.78 Å². The molecule has 0 spiro atoms. The van der Waals surface area contributed by atoms with Crippen LogP contribution in [0.25, 0.3) is 10.6 Å². The van der Waals surface area contributed by atoms with E-state index in [0.717, 1.165) is 10.6 Å². The molecule has 0 radical (unpaired) electrons. The van der Waals surface area contributed by atoms with Crippen LogP contribution < -0.4 is 10.5 Å². The molecule has 0 aliphatic carbocycles. The highest BCUT2D eigenvalue weighted by Crippen LogP contribution is 2.31. The van der Waals surface area contributed by atoms with Crippen molar-refractivity contribution in [2.45, 2.75) is 0 Å². The van der Waals surface area contributed by atoms with E-state index in [1.165, 1.54) is 11.3 Å². The summed E-state index contributed by atoms with van der Waals surface area (Å²) in [6.07, 6.45) is 0. The van der Waals surface area contributed by atoms with E-state index in [9.17, 15) is 4.79 Å². The van der Waals surface area contributed by atoms with Gasteiger partial charge < -0.3 is 10.5 Å². The molecular weight excluding hydrogens is 296 g/mol. The number of nitrogens with zero attached hydrogens (tertiary/aromatic N) is 1. The first-order valence-corrected chi connectivity index (χ1v) is 7.51. The maximum atomic E-state index is 12.6. The summed E-state index contributed by atoms with van der Waals surface area (Å²) in [7, 11) is 1.57. The van der Waals surface area contributed by atoms with Crippen LogP contribution >= 0.6 is 11.3 Å². The number of aromatic nitrogens is 1. The number of ether oxygens (including phenoxy) is 1. The van der Waals surface area contributed by atoms with E-state index in [-0.39, 0.29) is 11.6 Å². The van der Waals surface area contributed by atoms with E-state index in [1.54, 1.807) is 31.4 Å². The maximum Gasteiger partial charge on any atom is 0.206 e. The Morgan fingerprint density at radius 2 is 1.91 bits per heavy atom. The van der Waals surface area contributed by atoms with Gasteiger partial charge in [0.15, 0.2) is 0 Å². The highest BCUT2D eigenvalue weighted by Gasteiger charge is 2.19. The number of carbonyl (C=O) groups excluding carboxylic acids is 1. The van der Waals surface area contributed by atoms with Crippen LogP contribution in [0.1, 0.15) is 15.2 Å². The number of nitrogen functional groups attached to an aromatic ring is 1. The van der Waals surface area contributed by atoms with Gasteiger partial charge in [0, 0.05) is 11.1 Å². The predicted octanol–water partition coefficient (Wildman–Crippen LogP) is 3.63. The minimum atomic E-state index is -0.143. The highest BCUT2D eigenvalue weighted by atomic mass is 32.1. The van der Waals surface area contributed by atoms with E-state index in [2.05, 4.69) is 4.98 Å². The molecule has 1 heterocycles. The second-order valence-corrected chi connectivity index (χ2v) is 5.66. The van der Waals surface area contributed by atoms with Crippen LogP contribution in [0, 0.1) is 0 Å². The van der Waals surface area contributed by atoms with Gasteiger partial charge in [0.1, 0.15) is 21.5 Å². The lowest BCUT2D eigenvalue weighted by molar-refractivity contribution is 0.104. The van der Waals surface area contributed by atoms with Gasteiger partial charge >= 0.3 is 0 Å². The van der Waals surface area contributed by atoms with Crippen LogP contribution in [0.2, 0.25) is 0 Å². The fourth-order valence-electron chi connectivity index (χ4n) is 2.09. The molecule has 3 rings (SSSR count). The Morgan fingerprint density at radius 3 is 2.64 bits per heavy atom. The predicted molar refractivity (Wildman–Crippen MR) is 88.4 cm³/mol. The monoisotopic (exact) mass is 310 g/mol. The van der Waals surface area contributed by atoms with Gasteiger partial charge in [-0.3, -0.25) is 4.79 Å². The quantitative estimate of drug-likeness (QED) is 0.747. The summed E-state index contributed by atoms with van der Waals surface area (Å²) in [5, 5.41) is 0.740. The number of thiazole rings is 1. The van der Waals surface area contributed by atoms with Crippen LogP contribution in [0.15, 0.2) is 54.6 Å². The van der Waals surface area contributed by atoms with Crippen LogP contribution in [0.3, 0.4) is 0 Å². The largest absolute Gasteiger partial charge is 0.497 e.